The molecule has 0 saturated carbocycles. The zero-order valence-electron chi connectivity index (χ0n) is 20.7. The Morgan fingerprint density at radius 3 is 2.38 bits per heavy atom. The molecule has 1 saturated heterocycles. The van der Waals surface area contributed by atoms with Crippen LogP contribution in [0.3, 0.4) is 0 Å². The third kappa shape index (κ3) is 5.08. The number of amides is 1. The van der Waals surface area contributed by atoms with Gasteiger partial charge in [-0.05, 0) is 47.6 Å². The summed E-state index contributed by atoms with van der Waals surface area (Å²) in [7, 11) is 0. The first-order valence-corrected chi connectivity index (χ1v) is 11.9. The Labute approximate surface area is 200 Å². The van der Waals surface area contributed by atoms with Gasteiger partial charge >= 0.3 is 0 Å². The monoisotopic (exact) mass is 462 g/mol. The molecule has 0 aliphatic carbocycles. The van der Waals surface area contributed by atoms with E-state index in [1.165, 1.54) is 11.6 Å². The lowest BCUT2D eigenvalue weighted by Crippen LogP contribution is -2.43. The van der Waals surface area contributed by atoms with Crippen LogP contribution in [0.15, 0.2) is 51.7 Å². The summed E-state index contributed by atoms with van der Waals surface area (Å²) in [6, 6.07) is 13.6. The number of nitrogens with zero attached hydrogens (tertiary/aromatic N) is 1. The third-order valence-corrected chi connectivity index (χ3v) is 6.74. The van der Waals surface area contributed by atoms with Gasteiger partial charge in [-0.3, -0.25) is 14.5 Å². The van der Waals surface area contributed by atoms with Crippen molar-refractivity contribution in [2.24, 2.45) is 0 Å². The van der Waals surface area contributed by atoms with Crippen molar-refractivity contribution in [3.63, 3.8) is 0 Å². The molecule has 0 unspecified atom stereocenters. The summed E-state index contributed by atoms with van der Waals surface area (Å²) < 4.78 is 11.4. The van der Waals surface area contributed by atoms with Gasteiger partial charge in [0.25, 0.3) is 5.91 Å². The molecule has 1 fully saturated rings. The highest BCUT2D eigenvalue weighted by Crippen LogP contribution is 2.27. The number of benzene rings is 2. The zero-order chi connectivity index (χ0) is 24.5. The number of morpholine rings is 1. The number of carbonyl (C=O) groups excluding carboxylic acids is 1. The first-order chi connectivity index (χ1) is 16.1. The second kappa shape index (κ2) is 9.72. The molecule has 0 bridgehead atoms. The minimum absolute atomic E-state index is 0.00183. The zero-order valence-corrected chi connectivity index (χ0v) is 20.7. The second-order valence-corrected chi connectivity index (χ2v) is 10.1. The van der Waals surface area contributed by atoms with Crippen LogP contribution in [0.2, 0.25) is 0 Å². The fourth-order valence-corrected chi connectivity index (χ4v) is 4.39. The van der Waals surface area contributed by atoms with E-state index in [2.05, 4.69) is 55.3 Å². The Morgan fingerprint density at radius 1 is 1.06 bits per heavy atom. The van der Waals surface area contributed by atoms with Crippen molar-refractivity contribution in [1.82, 2.24) is 10.2 Å². The molecule has 0 radical (unpaired) electrons. The van der Waals surface area contributed by atoms with Crippen LogP contribution < -0.4 is 10.7 Å². The maximum Gasteiger partial charge on any atom is 0.287 e. The first-order valence-electron chi connectivity index (χ1n) is 11.9. The predicted octanol–water partition coefficient (Wildman–Crippen LogP) is 4.51. The lowest BCUT2D eigenvalue weighted by atomic mass is 9.86. The standard InChI is InChI=1S/C28H34N2O4/c1-18-6-11-22-24(31)16-25(34-26(22)19(18)2)27(32)29-17-23(30-12-14-33-15-13-30)20-7-9-21(10-8-20)28(3,4)5/h6-11,16,23H,12-15,17H2,1-5H3,(H,29,32)/t23-/m1/s1. The van der Waals surface area contributed by atoms with Gasteiger partial charge in [0.1, 0.15) is 5.58 Å². The lowest BCUT2D eigenvalue weighted by molar-refractivity contribution is 0.0161. The van der Waals surface area contributed by atoms with E-state index in [4.69, 9.17) is 9.15 Å². The Kier molecular flexibility index (Phi) is 6.91. The molecular weight excluding hydrogens is 428 g/mol. The minimum Gasteiger partial charge on any atom is -0.450 e. The molecule has 180 valence electrons. The number of fused-ring (bicyclic) bond motifs is 1. The molecule has 1 amide bonds. The topological polar surface area (TPSA) is 71.8 Å². The molecule has 2 aromatic carbocycles. The summed E-state index contributed by atoms with van der Waals surface area (Å²) in [5.74, 6) is -0.348. The first kappa shape index (κ1) is 24.2. The molecule has 1 aliphatic heterocycles. The number of rotatable bonds is 5. The van der Waals surface area contributed by atoms with Gasteiger partial charge in [0, 0.05) is 25.7 Å². The lowest BCUT2D eigenvalue weighted by Gasteiger charge is -2.35. The van der Waals surface area contributed by atoms with E-state index in [0.717, 1.165) is 29.8 Å². The predicted molar refractivity (Wildman–Crippen MR) is 135 cm³/mol. The van der Waals surface area contributed by atoms with Crippen LogP contribution in [0.5, 0.6) is 0 Å². The molecule has 1 aliphatic rings. The highest BCUT2D eigenvalue weighted by Gasteiger charge is 2.25. The number of hydrogen-bond acceptors (Lipinski definition) is 5. The quantitative estimate of drug-likeness (QED) is 0.604. The fourth-order valence-electron chi connectivity index (χ4n) is 4.39. The Hall–Kier alpha value is -2.96. The van der Waals surface area contributed by atoms with E-state index < -0.39 is 0 Å². The van der Waals surface area contributed by atoms with Gasteiger partial charge in [-0.2, -0.15) is 0 Å². The molecule has 6 nitrogen and oxygen atoms in total. The van der Waals surface area contributed by atoms with E-state index >= 15 is 0 Å². The van der Waals surface area contributed by atoms with Gasteiger partial charge in [0.05, 0.1) is 24.6 Å². The average Bonchev–Trinajstić information content (AvgIpc) is 2.82. The van der Waals surface area contributed by atoms with Crippen LogP contribution in [0.1, 0.15) is 59.6 Å². The Morgan fingerprint density at radius 2 is 1.74 bits per heavy atom. The Bertz CT molecular complexity index is 1230. The van der Waals surface area contributed by atoms with Gasteiger partial charge < -0.3 is 14.5 Å². The molecule has 4 rings (SSSR count). The van der Waals surface area contributed by atoms with Crippen molar-refractivity contribution < 1.29 is 13.9 Å². The highest BCUT2D eigenvalue weighted by molar-refractivity contribution is 5.93. The van der Waals surface area contributed by atoms with Gasteiger partial charge in [-0.25, -0.2) is 0 Å². The number of nitrogens with one attached hydrogen (secondary N) is 1. The average molecular weight is 463 g/mol. The second-order valence-electron chi connectivity index (χ2n) is 10.1. The van der Waals surface area contributed by atoms with Gasteiger partial charge in [0.2, 0.25) is 0 Å². The number of hydrogen-bond donors (Lipinski definition) is 1. The third-order valence-electron chi connectivity index (χ3n) is 6.74. The van der Waals surface area contributed by atoms with Crippen molar-refractivity contribution >= 4 is 16.9 Å². The van der Waals surface area contributed by atoms with Gasteiger partial charge in [-0.1, -0.05) is 51.1 Å². The molecule has 2 heterocycles. The van der Waals surface area contributed by atoms with E-state index in [1.807, 2.05) is 19.9 Å². The molecule has 1 N–H and O–H groups in total. The van der Waals surface area contributed by atoms with Gasteiger partial charge in [-0.15, -0.1) is 0 Å². The molecule has 6 heteroatoms. The summed E-state index contributed by atoms with van der Waals surface area (Å²) in [5, 5.41) is 3.50. The molecule has 0 spiro atoms. The maximum atomic E-state index is 13.1. The SMILES string of the molecule is Cc1ccc2c(=O)cc(C(=O)NC[C@H](c3ccc(C(C)(C)C)cc3)N3CCOCC3)oc2c1C. The summed E-state index contributed by atoms with van der Waals surface area (Å²) in [4.78, 5) is 28.0. The normalized spacial score (nSPS) is 15.9. The van der Waals surface area contributed by atoms with Crippen molar-refractivity contribution in [2.45, 2.75) is 46.1 Å². The molecule has 1 aromatic heterocycles. The molecular formula is C28H34N2O4. The van der Waals surface area contributed by atoms with Crippen molar-refractivity contribution in [3.8, 4) is 0 Å². The molecule has 3 aromatic rings. The molecule has 34 heavy (non-hydrogen) atoms. The summed E-state index contributed by atoms with van der Waals surface area (Å²) >= 11 is 0. The largest absolute Gasteiger partial charge is 0.450 e. The highest BCUT2D eigenvalue weighted by atomic mass is 16.5. The van der Waals surface area contributed by atoms with E-state index in [-0.39, 0.29) is 28.6 Å². The number of ether oxygens (including phenoxy) is 1. The summed E-state index contributed by atoms with van der Waals surface area (Å²) in [5.41, 5.74) is 4.63. The summed E-state index contributed by atoms with van der Waals surface area (Å²) in [6.07, 6.45) is 0. The molecule has 1 atom stereocenters. The minimum atomic E-state index is -0.385. The van der Waals surface area contributed by atoms with Crippen molar-refractivity contribution in [3.05, 3.63) is 80.7 Å². The summed E-state index contributed by atoms with van der Waals surface area (Å²) in [6.45, 7) is 13.8. The van der Waals surface area contributed by atoms with Crippen molar-refractivity contribution in [2.75, 3.05) is 32.8 Å². The van der Waals surface area contributed by atoms with Crippen LogP contribution in [-0.2, 0) is 10.2 Å². The van der Waals surface area contributed by atoms with E-state index in [9.17, 15) is 9.59 Å². The van der Waals surface area contributed by atoms with Crippen LogP contribution >= 0.6 is 0 Å². The van der Waals surface area contributed by atoms with Crippen LogP contribution in [0.4, 0.5) is 0 Å². The van der Waals surface area contributed by atoms with Crippen LogP contribution in [-0.4, -0.2) is 43.7 Å². The van der Waals surface area contributed by atoms with Crippen LogP contribution in [0.25, 0.3) is 11.0 Å². The van der Waals surface area contributed by atoms with Crippen molar-refractivity contribution in [1.29, 1.82) is 0 Å². The van der Waals surface area contributed by atoms with E-state index in [0.29, 0.717) is 30.7 Å². The smallest absolute Gasteiger partial charge is 0.287 e. The fraction of sp³-hybridized carbons (Fsp3) is 0.429. The maximum absolute atomic E-state index is 13.1. The number of aryl methyl sites for hydroxylation is 2. The van der Waals surface area contributed by atoms with Gasteiger partial charge in [0.15, 0.2) is 11.2 Å². The number of carbonyl (C=O) groups is 1. The Balaban J connectivity index is 1.58. The van der Waals surface area contributed by atoms with Crippen LogP contribution in [0, 0.1) is 13.8 Å². The van der Waals surface area contributed by atoms with E-state index in [1.54, 1.807) is 6.07 Å².